The maximum atomic E-state index is 13.0. The molecule has 0 amide bonds. The lowest BCUT2D eigenvalue weighted by Crippen LogP contribution is -2.04. The van der Waals surface area contributed by atoms with E-state index in [4.69, 9.17) is 0 Å². The molecule has 1 aromatic rings. The highest BCUT2D eigenvalue weighted by molar-refractivity contribution is 5.27. The number of benzene rings is 1. The van der Waals surface area contributed by atoms with Gasteiger partial charge < -0.3 is 0 Å². The second-order valence-corrected chi connectivity index (χ2v) is 4.44. The lowest BCUT2D eigenvalue weighted by molar-refractivity contribution is 0.573. The minimum Gasteiger partial charge on any atom is -0.207 e. The van der Waals surface area contributed by atoms with Gasteiger partial charge in [-0.2, -0.15) is 0 Å². The highest BCUT2D eigenvalue weighted by Gasteiger charge is 2.36. The number of halogens is 1. The van der Waals surface area contributed by atoms with Gasteiger partial charge in [-0.05, 0) is 48.3 Å². The normalized spacial score (nSPS) is 33.9. The molecule has 3 unspecified atom stereocenters. The summed E-state index contributed by atoms with van der Waals surface area (Å²) in [6.45, 7) is 0. The fourth-order valence-electron chi connectivity index (χ4n) is 2.90. The summed E-state index contributed by atoms with van der Waals surface area (Å²) in [5.41, 5.74) is 1.18. The van der Waals surface area contributed by atoms with Gasteiger partial charge in [-0.15, -0.1) is 0 Å². The molecule has 1 heteroatoms. The van der Waals surface area contributed by atoms with Crippen molar-refractivity contribution in [2.24, 2.45) is 11.8 Å². The van der Waals surface area contributed by atoms with Crippen molar-refractivity contribution in [2.75, 3.05) is 0 Å². The number of fused-ring (bicyclic) bond motifs is 2. The number of allylic oxidation sites excluding steroid dienone is 2. The van der Waals surface area contributed by atoms with Gasteiger partial charge >= 0.3 is 0 Å². The van der Waals surface area contributed by atoms with Crippen LogP contribution >= 0.6 is 0 Å². The van der Waals surface area contributed by atoms with Crippen molar-refractivity contribution >= 4 is 0 Å². The highest BCUT2D eigenvalue weighted by Crippen LogP contribution is 2.48. The van der Waals surface area contributed by atoms with Gasteiger partial charge in [0.05, 0.1) is 0 Å². The van der Waals surface area contributed by atoms with E-state index in [0.717, 1.165) is 5.92 Å². The average Bonchev–Trinajstić information content (AvgIpc) is 2.78. The number of rotatable bonds is 1. The molecular weight excluding hydrogens is 175 g/mol. The quantitative estimate of drug-likeness (QED) is 0.592. The fraction of sp³-hybridized carbons (Fsp3) is 0.385. The standard InChI is InChI=1S/C13H13F/c14-12-3-1-2-10(8-12)13-7-9-4-5-11(13)6-9/h1-5,8-9,11,13H,6-7H2. The van der Waals surface area contributed by atoms with Gasteiger partial charge in [0.1, 0.15) is 5.82 Å². The second-order valence-electron chi connectivity index (χ2n) is 4.44. The Hall–Kier alpha value is -1.11. The molecule has 2 bridgehead atoms. The van der Waals surface area contributed by atoms with Crippen LogP contribution < -0.4 is 0 Å². The largest absolute Gasteiger partial charge is 0.207 e. The fourth-order valence-corrected chi connectivity index (χ4v) is 2.90. The summed E-state index contributed by atoms with van der Waals surface area (Å²) in [5, 5.41) is 0. The monoisotopic (exact) mass is 188 g/mol. The van der Waals surface area contributed by atoms with Gasteiger partial charge in [0, 0.05) is 0 Å². The summed E-state index contributed by atoms with van der Waals surface area (Å²) < 4.78 is 13.0. The number of hydrogen-bond acceptors (Lipinski definition) is 0. The van der Waals surface area contributed by atoms with Crippen LogP contribution in [0.15, 0.2) is 36.4 Å². The Labute approximate surface area is 83.5 Å². The van der Waals surface area contributed by atoms with Crippen molar-refractivity contribution in [2.45, 2.75) is 18.8 Å². The summed E-state index contributed by atoms with van der Waals surface area (Å²) in [4.78, 5) is 0. The SMILES string of the molecule is Fc1cccc(C2CC3C=CC2C3)c1. The summed E-state index contributed by atoms with van der Waals surface area (Å²) in [6.07, 6.45) is 7.12. The van der Waals surface area contributed by atoms with Gasteiger partial charge in [0.15, 0.2) is 0 Å². The van der Waals surface area contributed by atoms with E-state index in [2.05, 4.69) is 18.2 Å². The van der Waals surface area contributed by atoms with Crippen LogP contribution in [0.3, 0.4) is 0 Å². The number of hydrogen-bond donors (Lipinski definition) is 0. The highest BCUT2D eigenvalue weighted by atomic mass is 19.1. The first-order valence-electron chi connectivity index (χ1n) is 5.27. The Morgan fingerprint density at radius 1 is 1.14 bits per heavy atom. The van der Waals surface area contributed by atoms with E-state index >= 15 is 0 Å². The van der Waals surface area contributed by atoms with Gasteiger partial charge in [-0.1, -0.05) is 24.3 Å². The Bertz CT molecular complexity index is 381. The van der Waals surface area contributed by atoms with E-state index in [0.29, 0.717) is 11.8 Å². The second kappa shape index (κ2) is 2.94. The summed E-state index contributed by atoms with van der Waals surface area (Å²) >= 11 is 0. The van der Waals surface area contributed by atoms with Crippen LogP contribution in [0.2, 0.25) is 0 Å². The lowest BCUT2D eigenvalue weighted by Gasteiger charge is -2.18. The lowest BCUT2D eigenvalue weighted by atomic mass is 9.87. The molecule has 0 radical (unpaired) electrons. The Morgan fingerprint density at radius 2 is 2.07 bits per heavy atom. The predicted molar refractivity (Wildman–Crippen MR) is 54.5 cm³/mol. The molecule has 2 aliphatic carbocycles. The van der Waals surface area contributed by atoms with Crippen molar-refractivity contribution in [1.29, 1.82) is 0 Å². The maximum Gasteiger partial charge on any atom is 0.123 e. The molecule has 14 heavy (non-hydrogen) atoms. The molecule has 3 rings (SSSR count). The van der Waals surface area contributed by atoms with Crippen LogP contribution in [0.4, 0.5) is 4.39 Å². The zero-order chi connectivity index (χ0) is 9.54. The molecule has 0 nitrogen and oxygen atoms in total. The summed E-state index contributed by atoms with van der Waals surface area (Å²) in [7, 11) is 0. The zero-order valence-corrected chi connectivity index (χ0v) is 7.99. The molecule has 1 aromatic carbocycles. The minimum atomic E-state index is -0.103. The van der Waals surface area contributed by atoms with E-state index in [1.54, 1.807) is 6.07 Å². The third-order valence-corrected chi connectivity index (χ3v) is 3.56. The first-order chi connectivity index (χ1) is 6.83. The van der Waals surface area contributed by atoms with Crippen LogP contribution in [-0.4, -0.2) is 0 Å². The van der Waals surface area contributed by atoms with Gasteiger partial charge in [-0.25, -0.2) is 4.39 Å². The van der Waals surface area contributed by atoms with Crippen molar-refractivity contribution in [3.8, 4) is 0 Å². The third-order valence-electron chi connectivity index (χ3n) is 3.56. The van der Waals surface area contributed by atoms with E-state index in [1.807, 2.05) is 6.07 Å². The van der Waals surface area contributed by atoms with Crippen molar-refractivity contribution in [3.05, 3.63) is 47.8 Å². The van der Waals surface area contributed by atoms with E-state index in [9.17, 15) is 4.39 Å². The predicted octanol–water partition coefficient (Wildman–Crippen LogP) is 3.51. The smallest absolute Gasteiger partial charge is 0.123 e. The van der Waals surface area contributed by atoms with E-state index < -0.39 is 0 Å². The Morgan fingerprint density at radius 3 is 2.71 bits per heavy atom. The third kappa shape index (κ3) is 1.19. The first-order valence-corrected chi connectivity index (χ1v) is 5.27. The molecule has 1 fully saturated rings. The van der Waals surface area contributed by atoms with Crippen LogP contribution in [0.25, 0.3) is 0 Å². The van der Waals surface area contributed by atoms with Crippen LogP contribution in [0, 0.1) is 17.7 Å². The molecule has 0 aliphatic heterocycles. The molecule has 0 spiro atoms. The van der Waals surface area contributed by atoms with Crippen molar-refractivity contribution < 1.29 is 4.39 Å². The molecule has 3 atom stereocenters. The molecule has 72 valence electrons. The summed E-state index contributed by atoms with van der Waals surface area (Å²) in [6, 6.07) is 7.09. The molecule has 0 saturated heterocycles. The molecule has 0 heterocycles. The molecule has 0 aromatic heterocycles. The first kappa shape index (κ1) is 8.22. The van der Waals surface area contributed by atoms with Crippen LogP contribution in [-0.2, 0) is 0 Å². The summed E-state index contributed by atoms with van der Waals surface area (Å²) in [5.74, 6) is 1.89. The van der Waals surface area contributed by atoms with Gasteiger partial charge in [0.25, 0.3) is 0 Å². The molecular formula is C13H13F. The zero-order valence-electron chi connectivity index (χ0n) is 7.99. The van der Waals surface area contributed by atoms with Crippen LogP contribution in [0.1, 0.15) is 24.3 Å². The molecule has 0 N–H and O–H groups in total. The minimum absolute atomic E-state index is 0.103. The topological polar surface area (TPSA) is 0 Å². The van der Waals surface area contributed by atoms with Crippen molar-refractivity contribution in [3.63, 3.8) is 0 Å². The molecule has 2 aliphatic rings. The Kier molecular flexibility index (Phi) is 1.73. The Balaban J connectivity index is 1.93. The van der Waals surface area contributed by atoms with Crippen molar-refractivity contribution in [1.82, 2.24) is 0 Å². The van der Waals surface area contributed by atoms with E-state index in [1.165, 1.54) is 24.5 Å². The van der Waals surface area contributed by atoms with Gasteiger partial charge in [0.2, 0.25) is 0 Å². The average molecular weight is 188 g/mol. The molecule has 1 saturated carbocycles. The van der Waals surface area contributed by atoms with Gasteiger partial charge in [-0.3, -0.25) is 0 Å². The maximum absolute atomic E-state index is 13.0. The van der Waals surface area contributed by atoms with E-state index in [-0.39, 0.29) is 5.82 Å². The van der Waals surface area contributed by atoms with Crippen LogP contribution in [0.5, 0.6) is 0 Å².